The van der Waals surface area contributed by atoms with E-state index in [0.29, 0.717) is 0 Å². The summed E-state index contributed by atoms with van der Waals surface area (Å²) in [7, 11) is -3.69. The van der Waals surface area contributed by atoms with Gasteiger partial charge in [-0.1, -0.05) is 58.2 Å². The number of unbranched alkanes of at least 4 members (excludes halogenated alkanes) is 1. The van der Waals surface area contributed by atoms with Crippen molar-refractivity contribution in [3.8, 4) is 0 Å². The molecule has 1 atom stereocenters. The van der Waals surface area contributed by atoms with E-state index in [4.69, 9.17) is 4.18 Å². The first-order valence-electron chi connectivity index (χ1n) is 7.17. The molecule has 0 radical (unpaired) electrons. The summed E-state index contributed by atoms with van der Waals surface area (Å²) >= 11 is 0. The van der Waals surface area contributed by atoms with Crippen LogP contribution in [0.25, 0.3) is 0 Å². The molecule has 4 heteroatoms. The molecule has 0 amide bonds. The van der Waals surface area contributed by atoms with Crippen LogP contribution in [-0.2, 0) is 14.3 Å². The molecule has 0 saturated carbocycles. The monoisotopic (exact) mass is 298 g/mol. The molecule has 0 aliphatic carbocycles. The molecule has 0 fully saturated rings. The molecule has 0 aliphatic rings. The Labute approximate surface area is 123 Å². The Morgan fingerprint density at radius 1 is 1.15 bits per heavy atom. The van der Waals surface area contributed by atoms with E-state index in [0.717, 1.165) is 24.8 Å². The van der Waals surface area contributed by atoms with E-state index in [9.17, 15) is 8.42 Å². The standard InChI is InChI=1S/C16H26O3S/c1-6-7-8-15(16(3,4)5)19-20(17,18)14-11-9-13(2)10-12-14/h9-12,15H,6-8H2,1-5H3. The van der Waals surface area contributed by atoms with Crippen LogP contribution in [0.15, 0.2) is 29.2 Å². The Bertz CT molecular complexity index is 510. The molecule has 0 spiro atoms. The Morgan fingerprint density at radius 3 is 2.15 bits per heavy atom. The molecule has 20 heavy (non-hydrogen) atoms. The second-order valence-corrected chi connectivity index (χ2v) is 7.93. The molecule has 3 nitrogen and oxygen atoms in total. The van der Waals surface area contributed by atoms with Gasteiger partial charge in [-0.25, -0.2) is 0 Å². The third kappa shape index (κ3) is 4.91. The van der Waals surface area contributed by atoms with Gasteiger partial charge in [0, 0.05) is 0 Å². The van der Waals surface area contributed by atoms with Crippen LogP contribution in [0.1, 0.15) is 52.5 Å². The zero-order valence-electron chi connectivity index (χ0n) is 13.1. The lowest BCUT2D eigenvalue weighted by Gasteiger charge is -2.30. The summed E-state index contributed by atoms with van der Waals surface area (Å²) in [6.07, 6.45) is 2.45. The molecule has 1 aromatic rings. The van der Waals surface area contributed by atoms with Crippen molar-refractivity contribution in [2.45, 2.75) is 64.9 Å². The topological polar surface area (TPSA) is 43.4 Å². The first kappa shape index (κ1) is 17.2. The number of aryl methyl sites for hydroxylation is 1. The van der Waals surface area contributed by atoms with Crippen LogP contribution in [0.4, 0.5) is 0 Å². The number of hydrogen-bond donors (Lipinski definition) is 0. The molecular formula is C16H26O3S. The highest BCUT2D eigenvalue weighted by atomic mass is 32.2. The van der Waals surface area contributed by atoms with Gasteiger partial charge >= 0.3 is 0 Å². The van der Waals surface area contributed by atoms with E-state index in [2.05, 4.69) is 6.92 Å². The Kier molecular flexibility index (Phi) is 5.78. The molecule has 0 heterocycles. The summed E-state index contributed by atoms with van der Waals surface area (Å²) in [6, 6.07) is 6.77. The first-order valence-corrected chi connectivity index (χ1v) is 8.57. The van der Waals surface area contributed by atoms with Crippen molar-refractivity contribution in [1.29, 1.82) is 0 Å². The summed E-state index contributed by atoms with van der Waals surface area (Å²) in [5.74, 6) is 0. The molecule has 0 saturated heterocycles. The average Bonchev–Trinajstić information content (AvgIpc) is 2.33. The maximum Gasteiger partial charge on any atom is 0.297 e. The van der Waals surface area contributed by atoms with Gasteiger partial charge in [0.25, 0.3) is 10.1 Å². The van der Waals surface area contributed by atoms with Crippen molar-refractivity contribution >= 4 is 10.1 Å². The lowest BCUT2D eigenvalue weighted by molar-refractivity contribution is 0.0830. The quantitative estimate of drug-likeness (QED) is 0.735. The van der Waals surface area contributed by atoms with E-state index < -0.39 is 10.1 Å². The molecule has 0 N–H and O–H groups in total. The van der Waals surface area contributed by atoms with Crippen LogP contribution in [-0.4, -0.2) is 14.5 Å². The van der Waals surface area contributed by atoms with Gasteiger partial charge in [0.05, 0.1) is 11.0 Å². The summed E-state index contributed by atoms with van der Waals surface area (Å²) in [5.41, 5.74) is 0.828. The van der Waals surface area contributed by atoms with Crippen molar-refractivity contribution in [3.63, 3.8) is 0 Å². The molecule has 1 aromatic carbocycles. The predicted molar refractivity (Wildman–Crippen MR) is 82.2 cm³/mol. The largest absolute Gasteiger partial charge is 0.297 e. The molecule has 0 aliphatic heterocycles. The van der Waals surface area contributed by atoms with E-state index in [-0.39, 0.29) is 16.4 Å². The SMILES string of the molecule is CCCCC(OS(=O)(=O)c1ccc(C)cc1)C(C)(C)C. The second kappa shape index (κ2) is 6.72. The maximum atomic E-state index is 12.3. The maximum absolute atomic E-state index is 12.3. The van der Waals surface area contributed by atoms with Crippen molar-refractivity contribution in [2.75, 3.05) is 0 Å². The number of benzene rings is 1. The van der Waals surface area contributed by atoms with Gasteiger partial charge in [-0.3, -0.25) is 4.18 Å². The van der Waals surface area contributed by atoms with Crippen LogP contribution < -0.4 is 0 Å². The Hall–Kier alpha value is -0.870. The molecular weight excluding hydrogens is 272 g/mol. The van der Waals surface area contributed by atoms with Gasteiger partial charge in [-0.2, -0.15) is 8.42 Å². The first-order chi connectivity index (χ1) is 9.16. The number of hydrogen-bond acceptors (Lipinski definition) is 3. The van der Waals surface area contributed by atoms with Crippen LogP contribution in [0.5, 0.6) is 0 Å². The number of rotatable bonds is 6. The predicted octanol–water partition coefficient (Wildman–Crippen LogP) is 4.31. The van der Waals surface area contributed by atoms with Gasteiger partial charge in [0.1, 0.15) is 0 Å². The second-order valence-electron chi connectivity index (χ2n) is 6.36. The highest BCUT2D eigenvalue weighted by molar-refractivity contribution is 7.86. The van der Waals surface area contributed by atoms with Gasteiger partial charge in [-0.05, 0) is 30.9 Å². The molecule has 0 aromatic heterocycles. The molecule has 1 unspecified atom stereocenters. The van der Waals surface area contributed by atoms with E-state index in [1.54, 1.807) is 24.3 Å². The van der Waals surface area contributed by atoms with Crippen molar-refractivity contribution in [2.24, 2.45) is 5.41 Å². The lowest BCUT2D eigenvalue weighted by atomic mass is 9.86. The van der Waals surface area contributed by atoms with Crippen LogP contribution in [0, 0.1) is 12.3 Å². The van der Waals surface area contributed by atoms with Crippen molar-refractivity contribution < 1.29 is 12.6 Å². The van der Waals surface area contributed by atoms with E-state index >= 15 is 0 Å². The average molecular weight is 298 g/mol. The minimum atomic E-state index is -3.69. The van der Waals surface area contributed by atoms with Crippen molar-refractivity contribution in [1.82, 2.24) is 0 Å². The van der Waals surface area contributed by atoms with E-state index in [1.165, 1.54) is 0 Å². The Morgan fingerprint density at radius 2 is 1.70 bits per heavy atom. The smallest absolute Gasteiger partial charge is 0.262 e. The molecule has 114 valence electrons. The third-order valence-corrected chi connectivity index (χ3v) is 4.67. The minimum absolute atomic E-state index is 0.201. The van der Waals surface area contributed by atoms with E-state index in [1.807, 2.05) is 27.7 Å². The molecule has 1 rings (SSSR count). The van der Waals surface area contributed by atoms with Gasteiger partial charge < -0.3 is 0 Å². The summed E-state index contributed by atoms with van der Waals surface area (Å²) in [4.78, 5) is 0.230. The normalized spacial score (nSPS) is 14.2. The minimum Gasteiger partial charge on any atom is -0.262 e. The summed E-state index contributed by atoms with van der Waals surface area (Å²) < 4.78 is 30.2. The third-order valence-electron chi connectivity index (χ3n) is 3.34. The fourth-order valence-corrected chi connectivity index (χ4v) is 3.20. The fourth-order valence-electron chi connectivity index (χ4n) is 1.93. The van der Waals surface area contributed by atoms with Gasteiger partial charge in [0.2, 0.25) is 0 Å². The zero-order chi connectivity index (χ0) is 15.4. The Balaban J connectivity index is 2.93. The van der Waals surface area contributed by atoms with Crippen LogP contribution >= 0.6 is 0 Å². The highest BCUT2D eigenvalue weighted by Gasteiger charge is 2.30. The molecule has 0 bridgehead atoms. The highest BCUT2D eigenvalue weighted by Crippen LogP contribution is 2.29. The van der Waals surface area contributed by atoms with Gasteiger partial charge in [0.15, 0.2) is 0 Å². The summed E-state index contributed by atoms with van der Waals surface area (Å²) in [5, 5.41) is 0. The van der Waals surface area contributed by atoms with Crippen LogP contribution in [0.3, 0.4) is 0 Å². The summed E-state index contributed by atoms with van der Waals surface area (Å²) in [6.45, 7) is 10.1. The zero-order valence-corrected chi connectivity index (χ0v) is 14.0. The van der Waals surface area contributed by atoms with Gasteiger partial charge in [-0.15, -0.1) is 0 Å². The van der Waals surface area contributed by atoms with Crippen molar-refractivity contribution in [3.05, 3.63) is 29.8 Å². The fraction of sp³-hybridized carbons (Fsp3) is 0.625. The lowest BCUT2D eigenvalue weighted by Crippen LogP contribution is -2.31. The van der Waals surface area contributed by atoms with Crippen LogP contribution in [0.2, 0.25) is 0 Å².